The van der Waals surface area contributed by atoms with E-state index >= 15 is 0 Å². The number of hydrogen-bond donors (Lipinski definition) is 0. The van der Waals surface area contributed by atoms with Crippen LogP contribution >= 0.6 is 15.9 Å². The van der Waals surface area contributed by atoms with E-state index in [1.54, 1.807) is 21.3 Å². The average Bonchev–Trinajstić information content (AvgIpc) is 2.34. The number of halogens is 1. The molecule has 0 saturated carbocycles. The van der Waals surface area contributed by atoms with Gasteiger partial charge in [0.2, 0.25) is 0 Å². The van der Waals surface area contributed by atoms with E-state index in [0.29, 0.717) is 6.61 Å². The fourth-order valence-electron chi connectivity index (χ4n) is 1.17. The van der Waals surface area contributed by atoms with Gasteiger partial charge in [-0.15, -0.1) is 0 Å². The van der Waals surface area contributed by atoms with Crippen molar-refractivity contribution in [3.63, 3.8) is 0 Å². The summed E-state index contributed by atoms with van der Waals surface area (Å²) in [5, 5.41) is 0. The molecule has 0 unspecified atom stereocenters. The Morgan fingerprint density at radius 1 is 1.00 bits per heavy atom. The number of ether oxygens (including phenoxy) is 3. The standard InChI is InChI=1S/C10H13BrO3.C2H6/c1-12-6-7-4-8(13-2)10(11)9(5-7)14-3;1-2/h4-5H,6H2,1-3H3;1-2H3. The third kappa shape index (κ3) is 4.02. The Morgan fingerprint density at radius 3 is 1.75 bits per heavy atom. The minimum absolute atomic E-state index is 0.542. The molecule has 0 radical (unpaired) electrons. The maximum atomic E-state index is 5.19. The highest BCUT2D eigenvalue weighted by Crippen LogP contribution is 2.35. The molecule has 0 atom stereocenters. The van der Waals surface area contributed by atoms with Crippen molar-refractivity contribution >= 4 is 15.9 Å². The quantitative estimate of drug-likeness (QED) is 0.847. The molecular formula is C12H19BrO3. The van der Waals surface area contributed by atoms with Crippen molar-refractivity contribution in [2.75, 3.05) is 21.3 Å². The molecule has 0 bridgehead atoms. The van der Waals surface area contributed by atoms with Gasteiger partial charge >= 0.3 is 0 Å². The Labute approximate surface area is 106 Å². The SMILES string of the molecule is CC.COCc1cc(OC)c(Br)c(OC)c1. The molecule has 0 aliphatic carbocycles. The molecule has 1 aromatic rings. The molecule has 0 aromatic heterocycles. The Morgan fingerprint density at radius 2 is 1.44 bits per heavy atom. The first-order chi connectivity index (χ1) is 7.72. The summed E-state index contributed by atoms with van der Waals surface area (Å²) in [6.07, 6.45) is 0. The highest BCUT2D eigenvalue weighted by Gasteiger charge is 2.09. The maximum Gasteiger partial charge on any atom is 0.137 e. The zero-order chi connectivity index (χ0) is 12.6. The Hall–Kier alpha value is -0.740. The van der Waals surface area contributed by atoms with Crippen LogP contribution in [0.25, 0.3) is 0 Å². The van der Waals surface area contributed by atoms with Crippen LogP contribution in [0.5, 0.6) is 11.5 Å². The van der Waals surface area contributed by atoms with E-state index < -0.39 is 0 Å². The molecule has 0 saturated heterocycles. The Balaban J connectivity index is 0.00000106. The van der Waals surface area contributed by atoms with Crippen LogP contribution in [0.2, 0.25) is 0 Å². The second-order valence-corrected chi connectivity index (χ2v) is 3.54. The second-order valence-electron chi connectivity index (χ2n) is 2.75. The number of benzene rings is 1. The molecule has 0 heterocycles. The first kappa shape index (κ1) is 15.3. The predicted octanol–water partition coefficient (Wildman–Crippen LogP) is 3.64. The molecule has 0 aliphatic rings. The lowest BCUT2D eigenvalue weighted by Crippen LogP contribution is -1.94. The Bertz CT molecular complexity index is 288. The first-order valence-corrected chi connectivity index (χ1v) is 5.91. The summed E-state index contributed by atoms with van der Waals surface area (Å²) in [7, 11) is 4.90. The minimum Gasteiger partial charge on any atom is -0.495 e. The topological polar surface area (TPSA) is 27.7 Å². The zero-order valence-electron chi connectivity index (χ0n) is 10.5. The fourth-order valence-corrected chi connectivity index (χ4v) is 1.73. The zero-order valence-corrected chi connectivity index (χ0v) is 12.1. The normalized spacial score (nSPS) is 9.12. The molecule has 0 aliphatic heterocycles. The summed E-state index contributed by atoms with van der Waals surface area (Å²) >= 11 is 3.40. The van der Waals surface area contributed by atoms with E-state index in [2.05, 4.69) is 15.9 Å². The van der Waals surface area contributed by atoms with E-state index in [1.165, 1.54) is 0 Å². The summed E-state index contributed by atoms with van der Waals surface area (Å²) in [5.41, 5.74) is 1.02. The van der Waals surface area contributed by atoms with Gasteiger partial charge in [0.25, 0.3) is 0 Å². The van der Waals surface area contributed by atoms with Gasteiger partial charge in [0, 0.05) is 7.11 Å². The van der Waals surface area contributed by atoms with Crippen LogP contribution in [0.15, 0.2) is 16.6 Å². The van der Waals surface area contributed by atoms with Crippen molar-refractivity contribution in [1.29, 1.82) is 0 Å². The van der Waals surface area contributed by atoms with Gasteiger partial charge in [-0.1, -0.05) is 13.8 Å². The lowest BCUT2D eigenvalue weighted by atomic mass is 10.2. The van der Waals surface area contributed by atoms with E-state index in [4.69, 9.17) is 14.2 Å². The monoisotopic (exact) mass is 290 g/mol. The third-order valence-corrected chi connectivity index (χ3v) is 2.60. The van der Waals surface area contributed by atoms with Crippen LogP contribution in [0, 0.1) is 0 Å². The molecule has 92 valence electrons. The van der Waals surface area contributed by atoms with E-state index in [-0.39, 0.29) is 0 Å². The van der Waals surface area contributed by atoms with Gasteiger partial charge in [-0.2, -0.15) is 0 Å². The van der Waals surface area contributed by atoms with Crippen molar-refractivity contribution < 1.29 is 14.2 Å². The highest BCUT2D eigenvalue weighted by molar-refractivity contribution is 9.10. The number of hydrogen-bond acceptors (Lipinski definition) is 3. The second kappa shape index (κ2) is 8.42. The lowest BCUT2D eigenvalue weighted by molar-refractivity contribution is 0.184. The molecule has 4 heteroatoms. The number of rotatable bonds is 4. The van der Waals surface area contributed by atoms with Gasteiger partial charge in [-0.05, 0) is 33.6 Å². The average molecular weight is 291 g/mol. The summed E-state index contributed by atoms with van der Waals surface area (Å²) in [6, 6.07) is 3.83. The van der Waals surface area contributed by atoms with Gasteiger partial charge in [0.05, 0.1) is 20.8 Å². The largest absolute Gasteiger partial charge is 0.495 e. The third-order valence-electron chi connectivity index (χ3n) is 1.82. The van der Waals surface area contributed by atoms with Gasteiger partial charge in [-0.3, -0.25) is 0 Å². The molecule has 1 aromatic carbocycles. The maximum absolute atomic E-state index is 5.19. The van der Waals surface area contributed by atoms with Crippen molar-refractivity contribution in [2.24, 2.45) is 0 Å². The van der Waals surface area contributed by atoms with Crippen LogP contribution in [-0.2, 0) is 11.3 Å². The molecule has 16 heavy (non-hydrogen) atoms. The first-order valence-electron chi connectivity index (χ1n) is 5.12. The predicted molar refractivity (Wildman–Crippen MR) is 69.3 cm³/mol. The summed E-state index contributed by atoms with van der Waals surface area (Å²) in [5.74, 6) is 1.49. The lowest BCUT2D eigenvalue weighted by Gasteiger charge is -2.10. The van der Waals surface area contributed by atoms with Gasteiger partial charge in [-0.25, -0.2) is 0 Å². The van der Waals surface area contributed by atoms with Crippen molar-refractivity contribution in [1.82, 2.24) is 0 Å². The van der Waals surface area contributed by atoms with E-state index in [0.717, 1.165) is 21.5 Å². The molecule has 3 nitrogen and oxygen atoms in total. The van der Waals surface area contributed by atoms with Crippen LogP contribution in [0.3, 0.4) is 0 Å². The van der Waals surface area contributed by atoms with Gasteiger partial charge in [0.15, 0.2) is 0 Å². The van der Waals surface area contributed by atoms with Crippen LogP contribution in [-0.4, -0.2) is 21.3 Å². The molecular weight excluding hydrogens is 272 g/mol. The van der Waals surface area contributed by atoms with Crippen LogP contribution in [0.4, 0.5) is 0 Å². The fraction of sp³-hybridized carbons (Fsp3) is 0.500. The molecule has 0 amide bonds. The van der Waals surface area contributed by atoms with Crippen molar-refractivity contribution in [3.05, 3.63) is 22.2 Å². The summed E-state index contributed by atoms with van der Waals surface area (Å²) in [6.45, 7) is 4.54. The van der Waals surface area contributed by atoms with Crippen LogP contribution in [0.1, 0.15) is 19.4 Å². The van der Waals surface area contributed by atoms with E-state index in [9.17, 15) is 0 Å². The van der Waals surface area contributed by atoms with E-state index in [1.807, 2.05) is 26.0 Å². The van der Waals surface area contributed by atoms with Crippen LogP contribution < -0.4 is 9.47 Å². The minimum atomic E-state index is 0.542. The van der Waals surface area contributed by atoms with Gasteiger partial charge in [0.1, 0.15) is 16.0 Å². The summed E-state index contributed by atoms with van der Waals surface area (Å²) in [4.78, 5) is 0. The smallest absolute Gasteiger partial charge is 0.137 e. The molecule has 0 spiro atoms. The van der Waals surface area contributed by atoms with Crippen molar-refractivity contribution in [3.8, 4) is 11.5 Å². The summed E-state index contributed by atoms with van der Waals surface area (Å²) < 4.78 is 16.2. The highest BCUT2D eigenvalue weighted by atomic mass is 79.9. The molecule has 0 fully saturated rings. The Kier molecular flexibility index (Phi) is 8.03. The van der Waals surface area contributed by atoms with Crippen molar-refractivity contribution in [2.45, 2.75) is 20.5 Å². The van der Waals surface area contributed by atoms with Gasteiger partial charge < -0.3 is 14.2 Å². The molecule has 0 N–H and O–H groups in total. The molecule has 1 rings (SSSR count). The number of methoxy groups -OCH3 is 3.